The molecular weight excluding hydrogens is 140 g/mol. The molecule has 0 amide bonds. The van der Waals surface area contributed by atoms with E-state index in [0.29, 0.717) is 0 Å². The monoisotopic (exact) mass is 160 g/mol. The summed E-state index contributed by atoms with van der Waals surface area (Å²) in [5, 5.41) is 8.45. The highest BCUT2D eigenvalue weighted by Gasteiger charge is 2.16. The third-order valence-corrected chi connectivity index (χ3v) is 1.88. The Morgan fingerprint density at radius 3 is 2.27 bits per heavy atom. The van der Waals surface area contributed by atoms with Crippen molar-refractivity contribution < 1.29 is 10.1 Å². The summed E-state index contributed by atoms with van der Waals surface area (Å²) in [6.45, 7) is 5.99. The lowest BCUT2D eigenvalue weighted by molar-refractivity contribution is -0.314. The fourth-order valence-electron chi connectivity index (χ4n) is 1.02. The van der Waals surface area contributed by atoms with Crippen LogP contribution in [-0.2, 0) is 4.89 Å². The summed E-state index contributed by atoms with van der Waals surface area (Å²) in [5.41, 5.74) is -0.353. The van der Waals surface area contributed by atoms with Gasteiger partial charge in [-0.1, -0.05) is 32.6 Å². The van der Waals surface area contributed by atoms with Crippen molar-refractivity contribution in [2.45, 2.75) is 58.5 Å². The van der Waals surface area contributed by atoms with E-state index in [4.69, 9.17) is 5.26 Å². The maximum atomic E-state index is 8.45. The normalized spacial score (nSPS) is 12.0. The first-order valence-corrected chi connectivity index (χ1v) is 4.45. The molecule has 0 aliphatic rings. The standard InChI is InChI=1S/C9H20O2/c1-4-5-6-7-8-9(2,3)11-10/h10H,4-8H2,1-3H3. The van der Waals surface area contributed by atoms with Crippen LogP contribution >= 0.6 is 0 Å². The molecule has 0 saturated heterocycles. The summed E-state index contributed by atoms with van der Waals surface area (Å²) >= 11 is 0. The Labute approximate surface area is 69.5 Å². The number of hydrogen-bond acceptors (Lipinski definition) is 2. The minimum Gasteiger partial charge on any atom is -0.251 e. The lowest BCUT2D eigenvalue weighted by Gasteiger charge is -2.19. The molecule has 0 bridgehead atoms. The van der Waals surface area contributed by atoms with Gasteiger partial charge in [-0.25, -0.2) is 4.89 Å². The highest BCUT2D eigenvalue weighted by atomic mass is 17.1. The van der Waals surface area contributed by atoms with E-state index in [0.717, 1.165) is 12.8 Å². The van der Waals surface area contributed by atoms with Crippen molar-refractivity contribution in [2.24, 2.45) is 0 Å². The van der Waals surface area contributed by atoms with E-state index in [2.05, 4.69) is 11.8 Å². The lowest BCUT2D eigenvalue weighted by atomic mass is 10.0. The molecule has 0 aliphatic heterocycles. The molecule has 0 saturated carbocycles. The molecule has 0 aromatic carbocycles. The Morgan fingerprint density at radius 1 is 1.18 bits per heavy atom. The topological polar surface area (TPSA) is 29.5 Å². The summed E-state index contributed by atoms with van der Waals surface area (Å²) in [7, 11) is 0. The number of rotatable bonds is 6. The molecule has 0 aliphatic carbocycles. The molecule has 2 heteroatoms. The van der Waals surface area contributed by atoms with Crippen LogP contribution in [0.1, 0.15) is 52.9 Å². The molecule has 0 unspecified atom stereocenters. The first kappa shape index (κ1) is 10.9. The maximum absolute atomic E-state index is 8.45. The molecular formula is C9H20O2. The lowest BCUT2D eigenvalue weighted by Crippen LogP contribution is -2.22. The molecule has 0 rings (SSSR count). The summed E-state index contributed by atoms with van der Waals surface area (Å²) in [4.78, 5) is 4.32. The highest BCUT2D eigenvalue weighted by molar-refractivity contribution is 4.65. The smallest absolute Gasteiger partial charge is 0.0977 e. The van der Waals surface area contributed by atoms with Crippen LogP contribution in [0.5, 0.6) is 0 Å². The summed E-state index contributed by atoms with van der Waals surface area (Å²) in [5.74, 6) is 0. The van der Waals surface area contributed by atoms with Crippen LogP contribution in [0.25, 0.3) is 0 Å². The fraction of sp³-hybridized carbons (Fsp3) is 1.00. The Kier molecular flexibility index (Phi) is 5.51. The molecule has 0 heterocycles. The van der Waals surface area contributed by atoms with Crippen molar-refractivity contribution in [1.29, 1.82) is 0 Å². The van der Waals surface area contributed by atoms with Gasteiger partial charge < -0.3 is 0 Å². The third kappa shape index (κ3) is 6.32. The number of hydrogen-bond donors (Lipinski definition) is 1. The molecule has 0 radical (unpaired) electrons. The van der Waals surface area contributed by atoms with Crippen LogP contribution in [0.2, 0.25) is 0 Å². The maximum Gasteiger partial charge on any atom is 0.0977 e. The summed E-state index contributed by atoms with van der Waals surface area (Å²) in [6, 6.07) is 0. The summed E-state index contributed by atoms with van der Waals surface area (Å²) in [6.07, 6.45) is 5.84. The van der Waals surface area contributed by atoms with E-state index in [1.807, 2.05) is 13.8 Å². The van der Waals surface area contributed by atoms with Gasteiger partial charge in [0.25, 0.3) is 0 Å². The van der Waals surface area contributed by atoms with Crippen molar-refractivity contribution in [3.8, 4) is 0 Å². The van der Waals surface area contributed by atoms with Gasteiger partial charge in [-0.2, -0.15) is 0 Å². The third-order valence-electron chi connectivity index (χ3n) is 1.88. The van der Waals surface area contributed by atoms with Gasteiger partial charge in [0, 0.05) is 0 Å². The SMILES string of the molecule is CCCCCCC(C)(C)OO. The molecule has 2 nitrogen and oxygen atoms in total. The van der Waals surface area contributed by atoms with Gasteiger partial charge in [0.05, 0.1) is 5.60 Å². The quantitative estimate of drug-likeness (QED) is 0.367. The summed E-state index contributed by atoms with van der Waals surface area (Å²) < 4.78 is 0. The minimum absolute atomic E-state index is 0.353. The Hall–Kier alpha value is -0.0800. The molecule has 0 spiro atoms. The molecule has 0 aromatic rings. The first-order chi connectivity index (χ1) is 5.12. The van der Waals surface area contributed by atoms with E-state index >= 15 is 0 Å². The molecule has 1 N–H and O–H groups in total. The largest absolute Gasteiger partial charge is 0.251 e. The van der Waals surface area contributed by atoms with E-state index in [-0.39, 0.29) is 5.60 Å². The molecule has 0 fully saturated rings. The molecule has 0 aromatic heterocycles. The average Bonchev–Trinajstić information content (AvgIpc) is 1.99. The van der Waals surface area contributed by atoms with Gasteiger partial charge in [-0.15, -0.1) is 0 Å². The first-order valence-electron chi connectivity index (χ1n) is 4.45. The minimum atomic E-state index is -0.353. The molecule has 0 atom stereocenters. The van der Waals surface area contributed by atoms with Crippen molar-refractivity contribution >= 4 is 0 Å². The van der Waals surface area contributed by atoms with E-state index in [1.54, 1.807) is 0 Å². The van der Waals surface area contributed by atoms with Gasteiger partial charge in [-0.05, 0) is 20.3 Å². The Bertz CT molecular complexity index is 89.6. The number of unbranched alkanes of at least 4 members (excludes halogenated alkanes) is 3. The van der Waals surface area contributed by atoms with Gasteiger partial charge in [-0.3, -0.25) is 5.26 Å². The Balaban J connectivity index is 3.23. The Morgan fingerprint density at radius 2 is 1.82 bits per heavy atom. The van der Waals surface area contributed by atoms with Gasteiger partial charge in [0.1, 0.15) is 0 Å². The van der Waals surface area contributed by atoms with Crippen molar-refractivity contribution in [2.75, 3.05) is 0 Å². The second-order valence-electron chi connectivity index (χ2n) is 3.66. The van der Waals surface area contributed by atoms with Crippen molar-refractivity contribution in [3.63, 3.8) is 0 Å². The van der Waals surface area contributed by atoms with Gasteiger partial charge >= 0.3 is 0 Å². The predicted octanol–water partition coefficient (Wildman–Crippen LogP) is 3.23. The zero-order valence-corrected chi connectivity index (χ0v) is 7.89. The molecule has 11 heavy (non-hydrogen) atoms. The second kappa shape index (κ2) is 5.56. The zero-order valence-electron chi connectivity index (χ0n) is 7.89. The van der Waals surface area contributed by atoms with Gasteiger partial charge in [0.15, 0.2) is 0 Å². The predicted molar refractivity (Wildman–Crippen MR) is 46.6 cm³/mol. The molecule has 68 valence electrons. The fourth-order valence-corrected chi connectivity index (χ4v) is 1.02. The van der Waals surface area contributed by atoms with Crippen LogP contribution in [0, 0.1) is 0 Å². The van der Waals surface area contributed by atoms with Crippen molar-refractivity contribution in [3.05, 3.63) is 0 Å². The zero-order chi connectivity index (χ0) is 8.74. The van der Waals surface area contributed by atoms with Crippen molar-refractivity contribution in [1.82, 2.24) is 0 Å². The van der Waals surface area contributed by atoms with Crippen LogP contribution in [0.4, 0.5) is 0 Å². The van der Waals surface area contributed by atoms with E-state index in [9.17, 15) is 0 Å². The average molecular weight is 160 g/mol. The van der Waals surface area contributed by atoms with Crippen LogP contribution in [-0.4, -0.2) is 10.9 Å². The van der Waals surface area contributed by atoms with E-state index < -0.39 is 0 Å². The van der Waals surface area contributed by atoms with Crippen LogP contribution in [0.3, 0.4) is 0 Å². The van der Waals surface area contributed by atoms with Crippen LogP contribution in [0.15, 0.2) is 0 Å². The van der Waals surface area contributed by atoms with Crippen LogP contribution < -0.4 is 0 Å². The van der Waals surface area contributed by atoms with Gasteiger partial charge in [0.2, 0.25) is 0 Å². The van der Waals surface area contributed by atoms with E-state index in [1.165, 1.54) is 19.3 Å². The second-order valence-corrected chi connectivity index (χ2v) is 3.66. The highest BCUT2D eigenvalue weighted by Crippen LogP contribution is 2.17.